The predicted octanol–water partition coefficient (Wildman–Crippen LogP) is 12.7. The number of amides is 1. The number of phosphoric acid groups is 1. The molecule has 0 bridgehead atoms. The number of unbranched alkanes of at least 4 members (excludes halogenated alkanes) is 11. The molecule has 3 unspecified atom stereocenters. The fourth-order valence-electron chi connectivity index (χ4n) is 5.81. The summed E-state index contributed by atoms with van der Waals surface area (Å²) >= 11 is 0. The zero-order valence-electron chi connectivity index (χ0n) is 38.6. The van der Waals surface area contributed by atoms with Crippen molar-refractivity contribution < 1.29 is 32.9 Å². The first-order valence-corrected chi connectivity index (χ1v) is 24.7. The Morgan fingerprint density at radius 1 is 0.600 bits per heavy atom. The molecule has 1 amide bonds. The van der Waals surface area contributed by atoms with Crippen LogP contribution in [0.2, 0.25) is 0 Å². The van der Waals surface area contributed by atoms with E-state index in [4.69, 9.17) is 9.05 Å². The van der Waals surface area contributed by atoms with Gasteiger partial charge in [0, 0.05) is 6.42 Å². The molecule has 3 atom stereocenters. The lowest BCUT2D eigenvalue weighted by Crippen LogP contribution is -2.45. The number of likely N-dealkylation sites (N-methyl/N-ethyl adjacent to an activating group) is 1. The van der Waals surface area contributed by atoms with E-state index in [1.807, 2.05) is 27.2 Å². The lowest BCUT2D eigenvalue weighted by Gasteiger charge is -2.29. The SMILES string of the molecule is CC/C=C\C/C=C\C/C=C\C/C=C\C/C=C\C/C=C\C/C=C\C/C=C\CCCCC(=O)NC(COP(=O)([O-])OCC[N+](C)(C)C)C(O)/C=C/CCCCCCCCCCC. The zero-order valence-corrected chi connectivity index (χ0v) is 39.5. The fraction of sp³-hybridized carbons (Fsp3) is 0.627. The van der Waals surface area contributed by atoms with E-state index in [-0.39, 0.29) is 18.9 Å². The van der Waals surface area contributed by atoms with Gasteiger partial charge in [0.25, 0.3) is 7.82 Å². The summed E-state index contributed by atoms with van der Waals surface area (Å²) in [4.78, 5) is 25.3. The average Bonchev–Trinajstić information content (AvgIpc) is 3.20. The van der Waals surface area contributed by atoms with Gasteiger partial charge in [-0.05, 0) is 83.5 Å². The summed E-state index contributed by atoms with van der Waals surface area (Å²) in [5.74, 6) is -0.247. The molecule has 0 aromatic rings. The topological polar surface area (TPSA) is 108 Å². The molecular weight excluding hydrogens is 768 g/mol. The van der Waals surface area contributed by atoms with Gasteiger partial charge < -0.3 is 28.8 Å². The molecule has 0 rings (SSSR count). The molecule has 342 valence electrons. The molecule has 0 aromatic carbocycles. The number of hydrogen-bond acceptors (Lipinski definition) is 6. The van der Waals surface area contributed by atoms with E-state index in [0.717, 1.165) is 83.5 Å². The molecule has 0 aliphatic heterocycles. The first-order chi connectivity index (χ1) is 29.0. The maximum absolute atomic E-state index is 12.8. The van der Waals surface area contributed by atoms with E-state index in [2.05, 4.69) is 116 Å². The highest BCUT2D eigenvalue weighted by atomic mass is 31.2. The highest BCUT2D eigenvalue weighted by Crippen LogP contribution is 2.38. The molecule has 60 heavy (non-hydrogen) atoms. The van der Waals surface area contributed by atoms with E-state index >= 15 is 0 Å². The molecule has 0 radical (unpaired) electrons. The summed E-state index contributed by atoms with van der Waals surface area (Å²) in [5, 5.41) is 13.7. The van der Waals surface area contributed by atoms with Crippen molar-refractivity contribution >= 4 is 13.7 Å². The van der Waals surface area contributed by atoms with Gasteiger partial charge in [-0.2, -0.15) is 0 Å². The van der Waals surface area contributed by atoms with Crippen LogP contribution in [0.15, 0.2) is 109 Å². The number of phosphoric ester groups is 1. The monoisotopic (exact) mass is 855 g/mol. The van der Waals surface area contributed by atoms with Crippen LogP contribution >= 0.6 is 7.82 Å². The maximum atomic E-state index is 12.8. The zero-order chi connectivity index (χ0) is 44.3. The van der Waals surface area contributed by atoms with Gasteiger partial charge in [-0.1, -0.05) is 175 Å². The van der Waals surface area contributed by atoms with Crippen molar-refractivity contribution in [2.45, 2.75) is 167 Å². The Morgan fingerprint density at radius 3 is 1.48 bits per heavy atom. The van der Waals surface area contributed by atoms with Crippen molar-refractivity contribution in [3.63, 3.8) is 0 Å². The number of allylic oxidation sites excluding steroid dienone is 17. The summed E-state index contributed by atoms with van der Waals surface area (Å²) in [6, 6.07) is -0.916. The van der Waals surface area contributed by atoms with E-state index < -0.39 is 26.6 Å². The summed E-state index contributed by atoms with van der Waals surface area (Å²) in [7, 11) is 1.21. The molecule has 2 N–H and O–H groups in total. The third-order valence-corrected chi connectivity index (χ3v) is 10.5. The Hall–Kier alpha value is -2.84. The minimum absolute atomic E-state index is 0.0163. The van der Waals surface area contributed by atoms with Crippen LogP contribution < -0.4 is 10.2 Å². The lowest BCUT2D eigenvalue weighted by molar-refractivity contribution is -0.870. The molecule has 9 heteroatoms. The number of rotatable bonds is 40. The molecular formula is C51H87N2O6P. The predicted molar refractivity (Wildman–Crippen MR) is 256 cm³/mol. The normalized spacial score (nSPS) is 15.2. The molecule has 0 saturated heterocycles. The Balaban J connectivity index is 4.42. The molecule has 0 aliphatic carbocycles. The number of nitrogens with one attached hydrogen (secondary N) is 1. The van der Waals surface area contributed by atoms with E-state index in [1.165, 1.54) is 44.9 Å². The van der Waals surface area contributed by atoms with E-state index in [0.29, 0.717) is 17.4 Å². The molecule has 8 nitrogen and oxygen atoms in total. The van der Waals surface area contributed by atoms with E-state index in [9.17, 15) is 19.4 Å². The standard InChI is InChI=1S/C51H87N2O6P/c1-6-8-10-12-14-16-18-19-20-21-22-23-24-25-26-27-28-29-30-31-32-33-35-37-39-41-43-45-51(55)52-49(48-59-60(56,57)58-47-46-53(3,4)5)50(54)44-42-40-38-36-34-17-15-13-11-9-7-2/h8,10,14,16,19-20,22-23,25-26,28-29,31-32,35,37,42,44,49-50,54H,6-7,9,11-13,15,17-18,21,24,27,30,33-34,36,38-41,43,45-48H2,1-5H3,(H-,52,55,56,57)/b10-8-,16-14-,20-19-,23-22-,26-25-,29-28-,32-31-,37-35-,44-42+. The summed E-state index contributed by atoms with van der Waals surface area (Å²) in [6.45, 7) is 4.45. The molecule has 0 aromatic heterocycles. The van der Waals surface area contributed by atoms with Crippen LogP contribution in [-0.4, -0.2) is 68.5 Å². The largest absolute Gasteiger partial charge is 0.756 e. The summed E-state index contributed by atoms with van der Waals surface area (Å²) < 4.78 is 23.1. The third kappa shape index (κ3) is 43.3. The Bertz CT molecular complexity index is 1340. The maximum Gasteiger partial charge on any atom is 0.268 e. The molecule has 0 heterocycles. The fourth-order valence-corrected chi connectivity index (χ4v) is 6.53. The van der Waals surface area contributed by atoms with Crippen LogP contribution in [0.1, 0.15) is 155 Å². The third-order valence-electron chi connectivity index (χ3n) is 9.49. The Kier molecular flexibility index (Phi) is 39.5. The number of carbonyl (C=O) groups excluding carboxylic acids is 1. The minimum atomic E-state index is -4.61. The number of nitrogens with zero attached hydrogens (tertiary/aromatic N) is 1. The number of carbonyl (C=O) groups is 1. The van der Waals surface area contributed by atoms with Crippen molar-refractivity contribution in [2.75, 3.05) is 40.9 Å². The van der Waals surface area contributed by atoms with Gasteiger partial charge in [-0.15, -0.1) is 0 Å². The molecule has 0 saturated carbocycles. The molecule has 0 fully saturated rings. The van der Waals surface area contributed by atoms with Gasteiger partial charge in [0.15, 0.2) is 0 Å². The van der Waals surface area contributed by atoms with Crippen molar-refractivity contribution in [2.24, 2.45) is 0 Å². The van der Waals surface area contributed by atoms with Crippen LogP contribution in [0.25, 0.3) is 0 Å². The molecule has 0 aliphatic rings. The summed E-state index contributed by atoms with van der Waals surface area (Å²) in [5.41, 5.74) is 0. The van der Waals surface area contributed by atoms with Crippen LogP contribution in [0, 0.1) is 0 Å². The first kappa shape index (κ1) is 57.2. The minimum Gasteiger partial charge on any atom is -0.756 e. The van der Waals surface area contributed by atoms with Crippen molar-refractivity contribution in [3.05, 3.63) is 109 Å². The Labute approximate surface area is 368 Å². The number of aliphatic hydroxyl groups is 1. The van der Waals surface area contributed by atoms with Gasteiger partial charge in [-0.25, -0.2) is 0 Å². The van der Waals surface area contributed by atoms with E-state index in [1.54, 1.807) is 6.08 Å². The second kappa shape index (κ2) is 41.5. The van der Waals surface area contributed by atoms with Crippen LogP contribution in [-0.2, 0) is 18.4 Å². The number of quaternary nitrogens is 1. The summed E-state index contributed by atoms with van der Waals surface area (Å²) in [6.07, 6.45) is 60.0. The van der Waals surface area contributed by atoms with Gasteiger partial charge in [0.1, 0.15) is 13.2 Å². The van der Waals surface area contributed by atoms with Crippen molar-refractivity contribution in [1.82, 2.24) is 5.32 Å². The average molecular weight is 855 g/mol. The number of aliphatic hydroxyl groups excluding tert-OH is 1. The van der Waals surface area contributed by atoms with Gasteiger partial charge in [-0.3, -0.25) is 9.36 Å². The lowest BCUT2D eigenvalue weighted by atomic mass is 10.1. The van der Waals surface area contributed by atoms with Crippen LogP contribution in [0.4, 0.5) is 0 Å². The highest BCUT2D eigenvalue weighted by molar-refractivity contribution is 7.45. The smallest absolute Gasteiger partial charge is 0.268 e. The van der Waals surface area contributed by atoms with Gasteiger partial charge in [0.2, 0.25) is 5.91 Å². The van der Waals surface area contributed by atoms with Crippen LogP contribution in [0.3, 0.4) is 0 Å². The quantitative estimate of drug-likeness (QED) is 0.0275. The van der Waals surface area contributed by atoms with Crippen molar-refractivity contribution in [1.29, 1.82) is 0 Å². The second-order valence-corrected chi connectivity index (χ2v) is 17.8. The second-order valence-electron chi connectivity index (χ2n) is 16.4. The highest BCUT2D eigenvalue weighted by Gasteiger charge is 2.23. The van der Waals surface area contributed by atoms with Crippen molar-refractivity contribution in [3.8, 4) is 0 Å². The molecule has 0 spiro atoms. The van der Waals surface area contributed by atoms with Gasteiger partial charge in [0.05, 0.1) is 39.9 Å². The number of hydrogen-bond donors (Lipinski definition) is 2. The van der Waals surface area contributed by atoms with Gasteiger partial charge >= 0.3 is 0 Å². The first-order valence-electron chi connectivity index (χ1n) is 23.2. The van der Waals surface area contributed by atoms with Crippen LogP contribution in [0.5, 0.6) is 0 Å². The Morgan fingerprint density at radius 2 is 1.02 bits per heavy atom.